The second-order valence-corrected chi connectivity index (χ2v) is 11.8. The molecule has 4 rings (SSSR count). The zero-order valence-electron chi connectivity index (χ0n) is 19.3. The molecule has 9 heteroatoms. The third kappa shape index (κ3) is 6.26. The molecule has 1 aliphatic heterocycles. The lowest BCUT2D eigenvalue weighted by Crippen LogP contribution is -2.30. The first-order chi connectivity index (χ1) is 16.7. The van der Waals surface area contributed by atoms with Gasteiger partial charge in [-0.1, -0.05) is 29.6 Å². The summed E-state index contributed by atoms with van der Waals surface area (Å²) in [6, 6.07) is 26.7. The Morgan fingerprint density at radius 3 is 1.88 bits per heavy atom. The highest BCUT2D eigenvalue weighted by atomic mass is 32.7. The molecule has 0 aromatic heterocycles. The van der Waals surface area contributed by atoms with Gasteiger partial charge in [-0.2, -0.15) is 0 Å². The molecule has 1 heterocycles. The lowest BCUT2D eigenvalue weighted by atomic mass is 10.3. The number of hydrogen-bond donors (Lipinski definition) is 2. The van der Waals surface area contributed by atoms with Crippen LogP contribution in [0.2, 0.25) is 0 Å². The van der Waals surface area contributed by atoms with Crippen LogP contribution < -0.4 is 29.4 Å². The first kappa shape index (κ1) is 24.5. The Morgan fingerprint density at radius 2 is 1.38 bits per heavy atom. The maximum atomic E-state index is 5.46. The fourth-order valence-electron chi connectivity index (χ4n) is 3.58. The predicted molar refractivity (Wildman–Crippen MR) is 151 cm³/mol. The molecule has 1 fully saturated rings. The van der Waals surface area contributed by atoms with Crippen LogP contribution in [-0.4, -0.2) is 44.7 Å². The minimum Gasteiger partial charge on any atom is -0.497 e. The van der Waals surface area contributed by atoms with Crippen LogP contribution in [0.15, 0.2) is 78.9 Å². The number of nitrogens with one attached hydrogen (secondary N) is 2. The third-order valence-corrected chi connectivity index (χ3v) is 10.3. The number of methoxy groups -OCH3 is 2. The molecule has 3 aromatic rings. The Balaban J connectivity index is 1.41. The molecular formula is C25H29N4O2PS2. The second-order valence-electron chi connectivity index (χ2n) is 7.48. The lowest BCUT2D eigenvalue weighted by Gasteiger charge is -2.31. The van der Waals surface area contributed by atoms with Gasteiger partial charge in [0.1, 0.15) is 11.5 Å². The van der Waals surface area contributed by atoms with Crippen molar-refractivity contribution in [1.82, 2.24) is 5.32 Å². The quantitative estimate of drug-likeness (QED) is 0.206. The minimum atomic E-state index is -0.633. The van der Waals surface area contributed by atoms with Crippen molar-refractivity contribution in [3.05, 3.63) is 78.9 Å². The number of hydrogen-bond acceptors (Lipinski definition) is 6. The van der Waals surface area contributed by atoms with Crippen molar-refractivity contribution in [2.24, 2.45) is 0 Å². The van der Waals surface area contributed by atoms with Gasteiger partial charge in [0, 0.05) is 42.4 Å². The summed E-state index contributed by atoms with van der Waals surface area (Å²) in [5.41, 5.74) is 3.42. The van der Waals surface area contributed by atoms with Crippen molar-refractivity contribution in [1.29, 1.82) is 0 Å². The number of thiocarbonyl (C=S) groups is 1. The number of ether oxygens (including phenoxy) is 2. The van der Waals surface area contributed by atoms with E-state index in [0.717, 1.165) is 42.6 Å². The van der Waals surface area contributed by atoms with Gasteiger partial charge in [0.05, 0.1) is 14.2 Å². The summed E-state index contributed by atoms with van der Waals surface area (Å²) in [6.45, 7) is 2.73. The summed E-state index contributed by atoms with van der Waals surface area (Å²) in [6.07, 6.45) is 0. The highest BCUT2D eigenvalue weighted by Gasteiger charge is 2.33. The van der Waals surface area contributed by atoms with Crippen molar-refractivity contribution in [2.75, 3.05) is 54.3 Å². The van der Waals surface area contributed by atoms with Crippen molar-refractivity contribution < 1.29 is 9.47 Å². The van der Waals surface area contributed by atoms with E-state index in [-0.39, 0.29) is 0 Å². The van der Waals surface area contributed by atoms with E-state index in [0.29, 0.717) is 5.11 Å². The second kappa shape index (κ2) is 12.2. The van der Waals surface area contributed by atoms with E-state index in [1.807, 2.05) is 66.0 Å². The zero-order chi connectivity index (χ0) is 23.8. The van der Waals surface area contributed by atoms with Crippen LogP contribution in [0.4, 0.5) is 17.1 Å². The van der Waals surface area contributed by atoms with Crippen molar-refractivity contribution in [3.63, 3.8) is 0 Å². The third-order valence-electron chi connectivity index (χ3n) is 5.30. The molecule has 2 N–H and O–H groups in total. The lowest BCUT2D eigenvalue weighted by molar-refractivity contribution is 0.414. The van der Waals surface area contributed by atoms with Gasteiger partial charge in [-0.3, -0.25) is 0 Å². The van der Waals surface area contributed by atoms with Gasteiger partial charge in [0.15, 0.2) is 12.5 Å². The zero-order valence-corrected chi connectivity index (χ0v) is 21.8. The summed E-state index contributed by atoms with van der Waals surface area (Å²) < 4.78 is 15.7. The van der Waals surface area contributed by atoms with Crippen molar-refractivity contribution in [2.45, 2.75) is 0 Å². The van der Waals surface area contributed by atoms with Crippen LogP contribution in [-0.2, 0) is 0 Å². The van der Waals surface area contributed by atoms with Crippen LogP contribution in [0.5, 0.6) is 11.5 Å². The molecule has 178 valence electrons. The molecule has 1 aliphatic rings. The highest BCUT2D eigenvalue weighted by molar-refractivity contribution is 8.56. The topological polar surface area (TPSA) is 49.0 Å². The first-order valence-electron chi connectivity index (χ1n) is 11.0. The van der Waals surface area contributed by atoms with E-state index >= 15 is 0 Å². The predicted octanol–water partition coefficient (Wildman–Crippen LogP) is 5.98. The summed E-state index contributed by atoms with van der Waals surface area (Å²) in [5, 5.41) is 7.21. The molecule has 0 amide bonds. The summed E-state index contributed by atoms with van der Waals surface area (Å²) >= 11 is 7.42. The number of nitrogens with zero attached hydrogens (tertiary/aromatic N) is 2. The number of rotatable bonds is 9. The van der Waals surface area contributed by atoms with E-state index in [4.69, 9.17) is 21.7 Å². The molecule has 34 heavy (non-hydrogen) atoms. The standard InChI is InChI=1S/C25H29N4O2PS2/c1-30-23-12-8-21(9-13-23)28-17-18-29(22-10-14-24(31-2)15-11-22)32(28)34-19-16-26-25(33)27-20-6-4-3-5-7-20/h3-15H,16-19H2,1-2H3,(H2,26,27,33). The molecular weight excluding hydrogens is 483 g/mol. The molecule has 0 aliphatic carbocycles. The van der Waals surface area contributed by atoms with E-state index in [1.54, 1.807) is 14.2 Å². The molecule has 0 atom stereocenters. The largest absolute Gasteiger partial charge is 0.497 e. The Bertz CT molecular complexity index is 999. The van der Waals surface area contributed by atoms with Crippen LogP contribution >= 0.6 is 31.0 Å². The Hall–Kier alpha value is -2.67. The van der Waals surface area contributed by atoms with Gasteiger partial charge >= 0.3 is 0 Å². The SMILES string of the molecule is COc1ccc(N2CCN(c3ccc(OC)cc3)P2SCCNC(=S)Nc2ccccc2)cc1. The van der Waals surface area contributed by atoms with Gasteiger partial charge in [-0.25, -0.2) is 0 Å². The average molecular weight is 513 g/mol. The molecule has 0 bridgehead atoms. The molecule has 0 radical (unpaired) electrons. The van der Waals surface area contributed by atoms with Gasteiger partial charge < -0.3 is 29.4 Å². The molecule has 1 saturated heterocycles. The smallest absolute Gasteiger partial charge is 0.170 e. The van der Waals surface area contributed by atoms with Gasteiger partial charge in [0.2, 0.25) is 0 Å². The van der Waals surface area contributed by atoms with Gasteiger partial charge in [0.25, 0.3) is 0 Å². The summed E-state index contributed by atoms with van der Waals surface area (Å²) in [7, 11) is 2.76. The summed E-state index contributed by atoms with van der Waals surface area (Å²) in [4.78, 5) is 0. The molecule has 0 saturated carbocycles. The monoisotopic (exact) mass is 512 g/mol. The van der Waals surface area contributed by atoms with Crippen LogP contribution in [0.25, 0.3) is 0 Å². The Morgan fingerprint density at radius 1 is 0.853 bits per heavy atom. The Labute approximate surface area is 212 Å². The fourth-order valence-corrected chi connectivity index (χ4v) is 8.54. The van der Waals surface area contributed by atoms with Crippen molar-refractivity contribution in [3.8, 4) is 11.5 Å². The van der Waals surface area contributed by atoms with E-state index in [2.05, 4.69) is 44.2 Å². The maximum absolute atomic E-state index is 5.46. The molecule has 0 spiro atoms. The van der Waals surface area contributed by atoms with E-state index < -0.39 is 7.42 Å². The van der Waals surface area contributed by atoms with Crippen LogP contribution in [0, 0.1) is 0 Å². The highest BCUT2D eigenvalue weighted by Crippen LogP contribution is 2.61. The van der Waals surface area contributed by atoms with E-state index in [9.17, 15) is 0 Å². The number of para-hydroxylation sites is 1. The number of anilines is 3. The van der Waals surface area contributed by atoms with E-state index in [1.165, 1.54) is 11.4 Å². The fraction of sp³-hybridized carbons (Fsp3) is 0.240. The average Bonchev–Trinajstić information content (AvgIpc) is 3.31. The van der Waals surface area contributed by atoms with Crippen LogP contribution in [0.1, 0.15) is 0 Å². The Kier molecular flexibility index (Phi) is 8.74. The first-order valence-corrected chi connectivity index (χ1v) is 14.3. The van der Waals surface area contributed by atoms with Gasteiger partial charge in [-0.15, -0.1) is 0 Å². The normalized spacial score (nSPS) is 13.6. The molecule has 6 nitrogen and oxygen atoms in total. The molecule has 3 aromatic carbocycles. The minimum absolute atomic E-state index is 0.633. The van der Waals surface area contributed by atoms with Gasteiger partial charge in [-0.05, 0) is 72.9 Å². The van der Waals surface area contributed by atoms with Crippen LogP contribution in [0.3, 0.4) is 0 Å². The summed E-state index contributed by atoms with van der Waals surface area (Å²) in [5.74, 6) is 2.67. The maximum Gasteiger partial charge on any atom is 0.170 e. The number of benzene rings is 3. The van der Waals surface area contributed by atoms with Crippen molar-refractivity contribution >= 4 is 53.2 Å². The molecule has 0 unspecified atom stereocenters.